The van der Waals surface area contributed by atoms with Crippen LogP contribution in [0.25, 0.3) is 21.5 Å². The van der Waals surface area contributed by atoms with Gasteiger partial charge in [0.05, 0.1) is 39.5 Å². The molecule has 0 saturated carbocycles. The zero-order valence-electron chi connectivity index (χ0n) is 16.6. The molecule has 30 heavy (non-hydrogen) atoms. The summed E-state index contributed by atoms with van der Waals surface area (Å²) in [5, 5.41) is 3.63. The lowest BCUT2D eigenvalue weighted by Gasteiger charge is -2.12. The van der Waals surface area contributed by atoms with Crippen LogP contribution in [0, 0.1) is 6.92 Å². The van der Waals surface area contributed by atoms with E-state index in [4.69, 9.17) is 9.72 Å². The Hall–Kier alpha value is -3.51. The zero-order chi connectivity index (χ0) is 21.1. The fourth-order valence-corrected chi connectivity index (χ4v) is 4.06. The molecule has 0 aliphatic heterocycles. The maximum Gasteiger partial charge on any atom is 0.340 e. The van der Waals surface area contributed by atoms with E-state index in [0.29, 0.717) is 16.8 Å². The van der Waals surface area contributed by atoms with Gasteiger partial charge in [0.25, 0.3) is 5.91 Å². The highest BCUT2D eigenvalue weighted by atomic mass is 32.1. The number of ether oxygens (including phenoxy) is 1. The van der Waals surface area contributed by atoms with Gasteiger partial charge in [-0.2, -0.15) is 0 Å². The number of esters is 1. The molecule has 2 heterocycles. The predicted molar refractivity (Wildman–Crippen MR) is 120 cm³/mol. The lowest BCUT2D eigenvalue weighted by atomic mass is 10.1. The van der Waals surface area contributed by atoms with E-state index in [0.717, 1.165) is 21.5 Å². The van der Waals surface area contributed by atoms with Gasteiger partial charge >= 0.3 is 5.97 Å². The van der Waals surface area contributed by atoms with Gasteiger partial charge in [0, 0.05) is 10.3 Å². The molecule has 0 spiro atoms. The van der Waals surface area contributed by atoms with Gasteiger partial charge in [-0.15, -0.1) is 11.3 Å². The summed E-state index contributed by atoms with van der Waals surface area (Å²) in [4.78, 5) is 32.4. The number of anilines is 1. The van der Waals surface area contributed by atoms with Gasteiger partial charge in [-0.05, 0) is 50.2 Å². The lowest BCUT2D eigenvalue weighted by Crippen LogP contribution is -2.16. The van der Waals surface area contributed by atoms with E-state index >= 15 is 0 Å². The molecule has 1 amide bonds. The first-order chi connectivity index (χ1) is 14.6. The van der Waals surface area contributed by atoms with Crippen molar-refractivity contribution >= 4 is 39.8 Å². The predicted octanol–water partition coefficient (Wildman–Crippen LogP) is 5.70. The third kappa shape index (κ3) is 3.95. The van der Waals surface area contributed by atoms with Crippen molar-refractivity contribution in [2.45, 2.75) is 13.8 Å². The highest BCUT2D eigenvalue weighted by molar-refractivity contribution is 7.15. The highest BCUT2D eigenvalue weighted by Gasteiger charge is 2.18. The van der Waals surface area contributed by atoms with E-state index in [2.05, 4.69) is 5.32 Å². The number of carbonyl (C=O) groups excluding carboxylic acids is 2. The molecule has 0 aliphatic rings. The van der Waals surface area contributed by atoms with Crippen LogP contribution in [-0.4, -0.2) is 23.5 Å². The van der Waals surface area contributed by atoms with E-state index in [9.17, 15) is 9.59 Å². The summed E-state index contributed by atoms with van der Waals surface area (Å²) < 4.78 is 5.11. The number of hydrogen-bond acceptors (Lipinski definition) is 5. The normalized spacial score (nSPS) is 10.7. The molecule has 6 heteroatoms. The van der Waals surface area contributed by atoms with Crippen molar-refractivity contribution in [1.29, 1.82) is 0 Å². The Morgan fingerprint density at radius 2 is 1.77 bits per heavy atom. The molecule has 2 aromatic carbocycles. The van der Waals surface area contributed by atoms with Crippen molar-refractivity contribution in [3.8, 4) is 10.6 Å². The zero-order valence-corrected chi connectivity index (χ0v) is 17.5. The van der Waals surface area contributed by atoms with Crippen LogP contribution in [0.2, 0.25) is 0 Å². The van der Waals surface area contributed by atoms with Crippen LogP contribution in [0.5, 0.6) is 0 Å². The molecule has 0 saturated heterocycles. The van der Waals surface area contributed by atoms with Gasteiger partial charge in [0.2, 0.25) is 0 Å². The first kappa shape index (κ1) is 19.8. The Bertz CT molecular complexity index is 1250. The second-order valence-electron chi connectivity index (χ2n) is 6.70. The number of rotatable bonds is 5. The summed E-state index contributed by atoms with van der Waals surface area (Å²) in [7, 11) is 0. The van der Waals surface area contributed by atoms with Crippen LogP contribution >= 0.6 is 11.3 Å². The molecule has 2 aromatic heterocycles. The number of amides is 1. The molecule has 4 aromatic rings. The standard InChI is InChI=1S/C24H20N2O3S/c1-3-29-24(28)17-9-5-7-11-20(17)26-23(27)18-14-21(22-13-12-15(2)30-22)25-19-10-6-4-8-16(18)19/h4-14H,3H2,1-2H3,(H,26,27). The maximum atomic E-state index is 13.3. The van der Waals surface area contributed by atoms with Crippen molar-refractivity contribution in [1.82, 2.24) is 4.98 Å². The summed E-state index contributed by atoms with van der Waals surface area (Å²) in [6.07, 6.45) is 0. The minimum absolute atomic E-state index is 0.264. The van der Waals surface area contributed by atoms with Gasteiger partial charge in [-0.25, -0.2) is 9.78 Å². The molecule has 4 rings (SSSR count). The Labute approximate surface area is 178 Å². The van der Waals surface area contributed by atoms with E-state index in [1.807, 2.05) is 43.3 Å². The number of aromatic nitrogens is 1. The first-order valence-electron chi connectivity index (χ1n) is 9.61. The molecule has 0 aliphatic carbocycles. The average Bonchev–Trinajstić information content (AvgIpc) is 3.19. The van der Waals surface area contributed by atoms with Crippen molar-refractivity contribution in [3.05, 3.63) is 82.7 Å². The molecule has 150 valence electrons. The molecular weight excluding hydrogens is 396 g/mol. The van der Waals surface area contributed by atoms with E-state index in [1.165, 1.54) is 4.88 Å². The summed E-state index contributed by atoms with van der Waals surface area (Å²) in [6, 6.07) is 20.2. The number of hydrogen-bond donors (Lipinski definition) is 1. The molecule has 1 N–H and O–H groups in total. The van der Waals surface area contributed by atoms with Gasteiger partial charge in [0.15, 0.2) is 0 Å². The Kier molecular flexibility index (Phi) is 5.59. The number of thiophene rings is 1. The molecule has 0 unspecified atom stereocenters. The monoisotopic (exact) mass is 416 g/mol. The molecule has 0 radical (unpaired) electrons. The molecule has 0 atom stereocenters. The van der Waals surface area contributed by atoms with E-state index < -0.39 is 5.97 Å². The van der Waals surface area contributed by atoms with E-state index in [-0.39, 0.29) is 12.5 Å². The van der Waals surface area contributed by atoms with Crippen LogP contribution in [-0.2, 0) is 4.74 Å². The Morgan fingerprint density at radius 3 is 2.53 bits per heavy atom. The van der Waals surface area contributed by atoms with Gasteiger partial charge in [0.1, 0.15) is 0 Å². The van der Waals surface area contributed by atoms with Crippen molar-refractivity contribution < 1.29 is 14.3 Å². The minimum atomic E-state index is -0.470. The average molecular weight is 417 g/mol. The number of nitrogens with one attached hydrogen (secondary N) is 1. The second-order valence-corrected chi connectivity index (χ2v) is 7.99. The molecular formula is C24H20N2O3S. The largest absolute Gasteiger partial charge is 0.462 e. The van der Waals surface area contributed by atoms with Crippen LogP contribution in [0.15, 0.2) is 66.7 Å². The summed E-state index contributed by atoms with van der Waals surface area (Å²) in [5.74, 6) is -0.775. The van der Waals surface area contributed by atoms with Crippen LogP contribution in [0.1, 0.15) is 32.5 Å². The highest BCUT2D eigenvalue weighted by Crippen LogP contribution is 2.30. The minimum Gasteiger partial charge on any atom is -0.462 e. The van der Waals surface area contributed by atoms with Crippen LogP contribution in [0.4, 0.5) is 5.69 Å². The molecule has 0 bridgehead atoms. The fourth-order valence-electron chi connectivity index (χ4n) is 3.23. The molecule has 5 nitrogen and oxygen atoms in total. The lowest BCUT2D eigenvalue weighted by molar-refractivity contribution is 0.0527. The second kappa shape index (κ2) is 8.47. The third-order valence-electron chi connectivity index (χ3n) is 4.62. The van der Waals surface area contributed by atoms with E-state index in [1.54, 1.807) is 48.6 Å². The van der Waals surface area contributed by atoms with Gasteiger partial charge in [-0.1, -0.05) is 30.3 Å². The smallest absolute Gasteiger partial charge is 0.340 e. The number of para-hydroxylation sites is 2. The number of benzene rings is 2. The summed E-state index contributed by atoms with van der Waals surface area (Å²) in [6.45, 7) is 4.05. The van der Waals surface area contributed by atoms with Crippen molar-refractivity contribution in [2.24, 2.45) is 0 Å². The number of carbonyl (C=O) groups is 2. The number of fused-ring (bicyclic) bond motifs is 1. The van der Waals surface area contributed by atoms with Crippen molar-refractivity contribution in [2.75, 3.05) is 11.9 Å². The topological polar surface area (TPSA) is 68.3 Å². The number of aryl methyl sites for hydroxylation is 1. The first-order valence-corrected chi connectivity index (χ1v) is 10.4. The summed E-state index contributed by atoms with van der Waals surface area (Å²) >= 11 is 1.63. The van der Waals surface area contributed by atoms with Gasteiger partial charge in [-0.3, -0.25) is 4.79 Å². The van der Waals surface area contributed by atoms with Crippen LogP contribution in [0.3, 0.4) is 0 Å². The Balaban J connectivity index is 1.76. The number of nitrogens with zero attached hydrogens (tertiary/aromatic N) is 1. The maximum absolute atomic E-state index is 13.3. The summed E-state index contributed by atoms with van der Waals surface area (Å²) in [5.41, 5.74) is 2.72. The fraction of sp³-hybridized carbons (Fsp3) is 0.125. The Morgan fingerprint density at radius 1 is 1.00 bits per heavy atom. The number of pyridine rings is 1. The van der Waals surface area contributed by atoms with Crippen LogP contribution < -0.4 is 5.32 Å². The van der Waals surface area contributed by atoms with Crippen molar-refractivity contribution in [3.63, 3.8) is 0 Å². The SMILES string of the molecule is CCOC(=O)c1ccccc1NC(=O)c1cc(-c2ccc(C)s2)nc2ccccc12. The quantitative estimate of drug-likeness (QED) is 0.424. The molecule has 0 fully saturated rings. The van der Waals surface area contributed by atoms with Gasteiger partial charge < -0.3 is 10.1 Å². The third-order valence-corrected chi connectivity index (χ3v) is 5.65.